The normalized spacial score (nSPS) is 10.9. The maximum atomic E-state index is 12.1. The Morgan fingerprint density at radius 3 is 1.95 bits per heavy atom. The van der Waals surface area contributed by atoms with E-state index in [9.17, 15) is 9.59 Å². The van der Waals surface area contributed by atoms with E-state index in [0.717, 1.165) is 4.46 Å². The van der Waals surface area contributed by atoms with Crippen LogP contribution in [-0.2, 0) is 19.1 Å². The molecule has 5 heteroatoms. The molecule has 4 nitrogen and oxygen atoms in total. The van der Waals surface area contributed by atoms with Gasteiger partial charge in [0, 0.05) is 0 Å². The summed E-state index contributed by atoms with van der Waals surface area (Å²) in [6.07, 6.45) is 0. The van der Waals surface area contributed by atoms with Crippen molar-refractivity contribution >= 4 is 31.4 Å². The number of rotatable bonds is 6. The molecule has 0 spiro atoms. The standard InChI is InChI=1S/C14H18O4Se/c1-4-17-12(15)14(3,13(16)18-5-2)19-11-9-7-6-8-10-11/h6-10H,4-5H2,1-3H3. The fourth-order valence-corrected chi connectivity index (χ4v) is 3.63. The maximum absolute atomic E-state index is 12.1. The van der Waals surface area contributed by atoms with E-state index in [0.29, 0.717) is 0 Å². The summed E-state index contributed by atoms with van der Waals surface area (Å²) in [6.45, 7) is 5.53. The van der Waals surface area contributed by atoms with Gasteiger partial charge in [-0.15, -0.1) is 0 Å². The Balaban J connectivity index is 2.98. The number of hydrogen-bond donors (Lipinski definition) is 0. The van der Waals surface area contributed by atoms with Gasteiger partial charge in [-0.1, -0.05) is 0 Å². The number of carbonyl (C=O) groups is 2. The first-order valence-corrected chi connectivity index (χ1v) is 7.84. The van der Waals surface area contributed by atoms with Crippen molar-refractivity contribution < 1.29 is 19.1 Å². The van der Waals surface area contributed by atoms with Gasteiger partial charge in [0.05, 0.1) is 0 Å². The number of carbonyl (C=O) groups excluding carboxylic acids is 2. The Kier molecular flexibility index (Phi) is 6.06. The van der Waals surface area contributed by atoms with Crippen LogP contribution >= 0.6 is 0 Å². The fourth-order valence-electron chi connectivity index (χ4n) is 1.43. The van der Waals surface area contributed by atoms with E-state index >= 15 is 0 Å². The van der Waals surface area contributed by atoms with E-state index in [2.05, 4.69) is 0 Å². The quantitative estimate of drug-likeness (QED) is 0.449. The van der Waals surface area contributed by atoms with Gasteiger partial charge in [-0.25, -0.2) is 0 Å². The zero-order valence-corrected chi connectivity index (χ0v) is 13.1. The first kappa shape index (κ1) is 15.7. The van der Waals surface area contributed by atoms with Gasteiger partial charge in [0.2, 0.25) is 0 Å². The van der Waals surface area contributed by atoms with E-state index < -0.39 is 16.3 Å². The van der Waals surface area contributed by atoms with Gasteiger partial charge in [0.15, 0.2) is 0 Å². The van der Waals surface area contributed by atoms with Crippen LogP contribution in [0.4, 0.5) is 0 Å². The predicted molar refractivity (Wildman–Crippen MR) is 73.5 cm³/mol. The van der Waals surface area contributed by atoms with Gasteiger partial charge in [-0.05, 0) is 0 Å². The molecule has 0 heterocycles. The van der Waals surface area contributed by atoms with Crippen molar-refractivity contribution in [2.75, 3.05) is 13.2 Å². The Morgan fingerprint density at radius 2 is 1.53 bits per heavy atom. The third-order valence-corrected chi connectivity index (χ3v) is 5.02. The van der Waals surface area contributed by atoms with Crippen LogP contribution in [0.3, 0.4) is 0 Å². The van der Waals surface area contributed by atoms with E-state index in [-0.39, 0.29) is 28.2 Å². The van der Waals surface area contributed by atoms with Crippen molar-refractivity contribution in [3.05, 3.63) is 30.3 Å². The van der Waals surface area contributed by atoms with Gasteiger partial charge >= 0.3 is 119 Å². The van der Waals surface area contributed by atoms with Gasteiger partial charge < -0.3 is 0 Å². The fraction of sp³-hybridized carbons (Fsp3) is 0.429. The number of hydrogen-bond acceptors (Lipinski definition) is 4. The Labute approximate surface area is 119 Å². The van der Waals surface area contributed by atoms with Crippen LogP contribution in [0.5, 0.6) is 0 Å². The number of benzene rings is 1. The van der Waals surface area contributed by atoms with Crippen molar-refractivity contribution in [3.63, 3.8) is 0 Å². The molecule has 19 heavy (non-hydrogen) atoms. The molecule has 0 N–H and O–H groups in total. The predicted octanol–water partition coefficient (Wildman–Crippen LogP) is 1.32. The van der Waals surface area contributed by atoms with Crippen molar-refractivity contribution in [3.8, 4) is 0 Å². The molecule has 1 aromatic rings. The number of esters is 2. The average molecular weight is 329 g/mol. The van der Waals surface area contributed by atoms with Gasteiger partial charge in [0.1, 0.15) is 0 Å². The third-order valence-electron chi connectivity index (χ3n) is 2.40. The molecule has 0 aliphatic rings. The van der Waals surface area contributed by atoms with Crippen molar-refractivity contribution in [1.29, 1.82) is 0 Å². The monoisotopic (exact) mass is 330 g/mol. The minimum atomic E-state index is -1.24. The zero-order chi connectivity index (χ0) is 14.3. The Bertz CT molecular complexity index is 412. The first-order chi connectivity index (χ1) is 9.04. The molecule has 0 fully saturated rings. The van der Waals surface area contributed by atoms with Crippen LogP contribution in [0, 0.1) is 0 Å². The Hall–Kier alpha value is -1.32. The Morgan fingerprint density at radius 1 is 1.05 bits per heavy atom. The summed E-state index contributed by atoms with van der Waals surface area (Å²) in [5.41, 5.74) is 0. The molecule has 0 unspecified atom stereocenters. The second-order valence-electron chi connectivity index (χ2n) is 3.89. The SMILES string of the molecule is CCOC(=O)C(C)([Se]c1ccccc1)C(=O)OCC. The molecule has 1 aromatic carbocycles. The molecule has 0 amide bonds. The molecule has 104 valence electrons. The molecule has 0 aliphatic carbocycles. The molecule has 0 aromatic heterocycles. The molecule has 1 rings (SSSR count). The summed E-state index contributed by atoms with van der Waals surface area (Å²) in [4.78, 5) is 24.2. The van der Waals surface area contributed by atoms with Crippen LogP contribution in [0.15, 0.2) is 30.3 Å². The van der Waals surface area contributed by atoms with E-state index in [4.69, 9.17) is 9.47 Å². The minimum absolute atomic E-state index is 0.249. The molecule has 0 bridgehead atoms. The second-order valence-corrected chi connectivity index (χ2v) is 7.02. The molecular weight excluding hydrogens is 311 g/mol. The molecule has 0 saturated heterocycles. The van der Waals surface area contributed by atoms with Crippen LogP contribution in [0.25, 0.3) is 0 Å². The van der Waals surface area contributed by atoms with Crippen LogP contribution in [0.1, 0.15) is 20.8 Å². The van der Waals surface area contributed by atoms with Gasteiger partial charge in [0.25, 0.3) is 0 Å². The summed E-state index contributed by atoms with van der Waals surface area (Å²) in [5, 5.41) is 0. The van der Waals surface area contributed by atoms with Gasteiger partial charge in [-0.3, -0.25) is 0 Å². The van der Waals surface area contributed by atoms with E-state index in [1.165, 1.54) is 0 Å². The van der Waals surface area contributed by atoms with Crippen molar-refractivity contribution in [2.24, 2.45) is 0 Å². The van der Waals surface area contributed by atoms with Crippen LogP contribution < -0.4 is 4.46 Å². The van der Waals surface area contributed by atoms with E-state index in [1.54, 1.807) is 20.8 Å². The molecular formula is C14H18O4Se. The van der Waals surface area contributed by atoms with Crippen molar-refractivity contribution in [2.45, 2.75) is 25.1 Å². The van der Waals surface area contributed by atoms with Crippen molar-refractivity contribution in [1.82, 2.24) is 0 Å². The summed E-state index contributed by atoms with van der Waals surface area (Å²) in [7, 11) is 0. The third kappa shape index (κ3) is 4.08. The molecule has 0 atom stereocenters. The summed E-state index contributed by atoms with van der Waals surface area (Å²) < 4.78 is 9.77. The van der Waals surface area contributed by atoms with Gasteiger partial charge in [-0.2, -0.15) is 0 Å². The topological polar surface area (TPSA) is 52.6 Å². The van der Waals surface area contributed by atoms with E-state index in [1.807, 2.05) is 30.3 Å². The molecule has 0 aliphatic heterocycles. The second kappa shape index (κ2) is 7.31. The zero-order valence-electron chi connectivity index (χ0n) is 11.3. The number of ether oxygens (including phenoxy) is 2. The first-order valence-electron chi connectivity index (χ1n) is 6.13. The summed E-state index contributed by atoms with van der Waals surface area (Å²) >= 11 is -0.382. The summed E-state index contributed by atoms with van der Waals surface area (Å²) in [5.74, 6) is -1.03. The van der Waals surface area contributed by atoms with Crippen LogP contribution in [0.2, 0.25) is 4.31 Å². The summed E-state index contributed by atoms with van der Waals surface area (Å²) in [6, 6.07) is 9.46. The average Bonchev–Trinajstić information content (AvgIpc) is 2.40. The van der Waals surface area contributed by atoms with Crippen LogP contribution in [-0.4, -0.2) is 40.1 Å². The molecule has 0 saturated carbocycles. The molecule has 0 radical (unpaired) electrons.